The maximum absolute atomic E-state index is 5.45. The van der Waals surface area contributed by atoms with Crippen LogP contribution in [0.1, 0.15) is 5.82 Å². The Morgan fingerprint density at radius 2 is 2.10 bits per heavy atom. The summed E-state index contributed by atoms with van der Waals surface area (Å²) in [4.78, 5) is 8.40. The molecule has 0 saturated carbocycles. The van der Waals surface area contributed by atoms with Crippen LogP contribution in [0.15, 0.2) is 42.9 Å². The number of benzene rings is 1. The number of rotatable bonds is 4. The van der Waals surface area contributed by atoms with Crippen molar-refractivity contribution in [1.29, 1.82) is 0 Å². The molecule has 106 valence electrons. The summed E-state index contributed by atoms with van der Waals surface area (Å²) in [5.41, 5.74) is 2.89. The minimum absolute atomic E-state index is 0.717. The summed E-state index contributed by atoms with van der Waals surface area (Å²) in [5, 5.41) is 10.00. The topological polar surface area (TPSA) is 75.7 Å². The van der Waals surface area contributed by atoms with Gasteiger partial charge in [-0.3, -0.25) is 5.10 Å². The van der Waals surface area contributed by atoms with E-state index in [0.29, 0.717) is 5.82 Å². The molecule has 0 amide bonds. The van der Waals surface area contributed by atoms with Crippen molar-refractivity contribution in [1.82, 2.24) is 20.2 Å². The van der Waals surface area contributed by atoms with Gasteiger partial charge in [0.1, 0.15) is 17.4 Å². The van der Waals surface area contributed by atoms with Crippen LogP contribution in [0.2, 0.25) is 0 Å². The van der Waals surface area contributed by atoms with Crippen molar-refractivity contribution in [2.45, 2.75) is 6.92 Å². The Labute approximate surface area is 122 Å². The molecule has 3 aromatic rings. The van der Waals surface area contributed by atoms with Crippen molar-refractivity contribution in [2.24, 2.45) is 0 Å². The lowest BCUT2D eigenvalue weighted by molar-refractivity contribution is 0.417. The zero-order chi connectivity index (χ0) is 14.7. The van der Waals surface area contributed by atoms with Gasteiger partial charge < -0.3 is 10.1 Å². The molecule has 0 atom stereocenters. The standard InChI is InChI=1S/C15H15N5O/c1-10-16-6-5-15(19-10)20-13-4-3-11(7-14(13)21-2)12-8-17-18-9-12/h3-9H,1-2H3,(H,17,18)(H,16,19,20). The molecule has 0 saturated heterocycles. The number of aryl methyl sites for hydroxylation is 1. The van der Waals surface area contributed by atoms with Gasteiger partial charge in [-0.25, -0.2) is 9.97 Å². The first-order chi connectivity index (χ1) is 10.3. The highest BCUT2D eigenvalue weighted by molar-refractivity contribution is 5.72. The van der Waals surface area contributed by atoms with Crippen LogP contribution in [0.4, 0.5) is 11.5 Å². The highest BCUT2D eigenvalue weighted by Gasteiger charge is 2.07. The number of anilines is 2. The molecule has 0 aliphatic heterocycles. The second kappa shape index (κ2) is 5.62. The summed E-state index contributed by atoms with van der Waals surface area (Å²) < 4.78 is 5.45. The third kappa shape index (κ3) is 2.84. The van der Waals surface area contributed by atoms with Gasteiger partial charge in [-0.15, -0.1) is 0 Å². The third-order valence-electron chi connectivity index (χ3n) is 3.07. The fourth-order valence-corrected chi connectivity index (χ4v) is 2.05. The van der Waals surface area contributed by atoms with Gasteiger partial charge in [0.2, 0.25) is 0 Å². The third-order valence-corrected chi connectivity index (χ3v) is 3.07. The Balaban J connectivity index is 1.92. The summed E-state index contributed by atoms with van der Waals surface area (Å²) in [6.45, 7) is 1.85. The van der Waals surface area contributed by atoms with Crippen LogP contribution in [0.25, 0.3) is 11.1 Å². The van der Waals surface area contributed by atoms with E-state index in [-0.39, 0.29) is 0 Å². The van der Waals surface area contributed by atoms with E-state index in [9.17, 15) is 0 Å². The molecule has 0 unspecified atom stereocenters. The zero-order valence-corrected chi connectivity index (χ0v) is 11.8. The summed E-state index contributed by atoms with van der Waals surface area (Å²) in [6, 6.07) is 7.74. The van der Waals surface area contributed by atoms with E-state index >= 15 is 0 Å². The van der Waals surface area contributed by atoms with Crippen LogP contribution in [-0.4, -0.2) is 27.3 Å². The molecule has 0 bridgehead atoms. The van der Waals surface area contributed by atoms with Gasteiger partial charge >= 0.3 is 0 Å². The van der Waals surface area contributed by atoms with Crippen LogP contribution in [0.5, 0.6) is 5.75 Å². The van der Waals surface area contributed by atoms with E-state index in [1.54, 1.807) is 19.5 Å². The predicted octanol–water partition coefficient (Wildman–Crippen LogP) is 2.93. The molecule has 2 heterocycles. The first kappa shape index (κ1) is 13.1. The predicted molar refractivity (Wildman–Crippen MR) is 80.6 cm³/mol. The van der Waals surface area contributed by atoms with E-state index in [1.165, 1.54) is 0 Å². The van der Waals surface area contributed by atoms with E-state index in [2.05, 4.69) is 25.5 Å². The average Bonchev–Trinajstić information content (AvgIpc) is 3.02. The molecule has 21 heavy (non-hydrogen) atoms. The van der Waals surface area contributed by atoms with Gasteiger partial charge in [-0.1, -0.05) is 6.07 Å². The molecular formula is C15H15N5O. The van der Waals surface area contributed by atoms with E-state index < -0.39 is 0 Å². The monoisotopic (exact) mass is 281 g/mol. The number of methoxy groups -OCH3 is 1. The second-order valence-electron chi connectivity index (χ2n) is 4.52. The largest absolute Gasteiger partial charge is 0.495 e. The van der Waals surface area contributed by atoms with Gasteiger partial charge in [0.25, 0.3) is 0 Å². The van der Waals surface area contributed by atoms with Crippen LogP contribution >= 0.6 is 0 Å². The summed E-state index contributed by atoms with van der Waals surface area (Å²) >= 11 is 0. The quantitative estimate of drug-likeness (QED) is 0.769. The molecule has 6 heteroatoms. The van der Waals surface area contributed by atoms with Crippen LogP contribution in [0.3, 0.4) is 0 Å². The normalized spacial score (nSPS) is 10.4. The number of hydrogen-bond donors (Lipinski definition) is 2. The Morgan fingerprint density at radius 1 is 1.19 bits per heavy atom. The lowest BCUT2D eigenvalue weighted by atomic mass is 10.1. The summed E-state index contributed by atoms with van der Waals surface area (Å²) in [7, 11) is 1.64. The number of nitrogens with one attached hydrogen (secondary N) is 2. The molecular weight excluding hydrogens is 266 g/mol. The molecule has 0 radical (unpaired) electrons. The van der Waals surface area contributed by atoms with Gasteiger partial charge in [-0.2, -0.15) is 5.10 Å². The molecule has 0 spiro atoms. The highest BCUT2D eigenvalue weighted by Crippen LogP contribution is 2.31. The van der Waals surface area contributed by atoms with E-state index in [0.717, 1.165) is 28.4 Å². The van der Waals surface area contributed by atoms with Gasteiger partial charge in [0.05, 0.1) is 19.0 Å². The fourth-order valence-electron chi connectivity index (χ4n) is 2.05. The molecule has 6 nitrogen and oxygen atoms in total. The number of ether oxygens (including phenoxy) is 1. The van der Waals surface area contributed by atoms with Crippen molar-refractivity contribution in [3.63, 3.8) is 0 Å². The molecule has 0 aliphatic rings. The van der Waals surface area contributed by atoms with Gasteiger partial charge in [0, 0.05) is 18.0 Å². The van der Waals surface area contributed by atoms with Crippen LogP contribution < -0.4 is 10.1 Å². The number of hydrogen-bond acceptors (Lipinski definition) is 5. The molecule has 1 aromatic carbocycles. The summed E-state index contributed by atoms with van der Waals surface area (Å²) in [5.74, 6) is 2.19. The van der Waals surface area contributed by atoms with Crippen molar-refractivity contribution >= 4 is 11.5 Å². The number of H-pyrrole nitrogens is 1. The maximum atomic E-state index is 5.45. The van der Waals surface area contributed by atoms with Gasteiger partial charge in [0.15, 0.2) is 0 Å². The Morgan fingerprint density at radius 3 is 2.81 bits per heavy atom. The SMILES string of the molecule is COc1cc(-c2cn[nH]c2)ccc1Nc1ccnc(C)n1. The smallest absolute Gasteiger partial charge is 0.142 e. The van der Waals surface area contributed by atoms with Crippen molar-refractivity contribution in [2.75, 3.05) is 12.4 Å². The number of aromatic amines is 1. The fraction of sp³-hybridized carbons (Fsp3) is 0.133. The lowest BCUT2D eigenvalue weighted by Gasteiger charge is -2.12. The minimum atomic E-state index is 0.717. The average molecular weight is 281 g/mol. The first-order valence-corrected chi connectivity index (χ1v) is 6.50. The molecule has 2 aromatic heterocycles. The number of nitrogens with zero attached hydrogens (tertiary/aromatic N) is 3. The van der Waals surface area contributed by atoms with Crippen molar-refractivity contribution in [3.05, 3.63) is 48.7 Å². The molecule has 3 rings (SSSR count). The highest BCUT2D eigenvalue weighted by atomic mass is 16.5. The van der Waals surface area contributed by atoms with E-state index in [4.69, 9.17) is 4.74 Å². The number of aromatic nitrogens is 4. The Kier molecular flexibility index (Phi) is 3.51. The minimum Gasteiger partial charge on any atom is -0.495 e. The second-order valence-corrected chi connectivity index (χ2v) is 4.52. The van der Waals surface area contributed by atoms with Gasteiger partial charge in [-0.05, 0) is 30.7 Å². The van der Waals surface area contributed by atoms with Crippen molar-refractivity contribution in [3.8, 4) is 16.9 Å². The molecule has 0 fully saturated rings. The van der Waals surface area contributed by atoms with Crippen LogP contribution in [-0.2, 0) is 0 Å². The first-order valence-electron chi connectivity index (χ1n) is 6.50. The molecule has 0 aliphatic carbocycles. The maximum Gasteiger partial charge on any atom is 0.142 e. The van der Waals surface area contributed by atoms with Crippen molar-refractivity contribution < 1.29 is 4.74 Å². The zero-order valence-electron chi connectivity index (χ0n) is 11.8. The van der Waals surface area contributed by atoms with Crippen LogP contribution in [0, 0.1) is 6.92 Å². The molecule has 2 N–H and O–H groups in total. The Hall–Kier alpha value is -2.89. The van der Waals surface area contributed by atoms with E-state index in [1.807, 2.05) is 37.4 Å². The lowest BCUT2D eigenvalue weighted by Crippen LogP contribution is -1.98. The Bertz CT molecular complexity index is 740. The summed E-state index contributed by atoms with van der Waals surface area (Å²) in [6.07, 6.45) is 5.34.